The molecule has 1 aliphatic heterocycles. The molecule has 0 radical (unpaired) electrons. The topological polar surface area (TPSA) is 86.3 Å². The predicted molar refractivity (Wildman–Crippen MR) is 76.2 cm³/mol. The lowest BCUT2D eigenvalue weighted by molar-refractivity contribution is -0.136. The van der Waals surface area contributed by atoms with Gasteiger partial charge in [0.1, 0.15) is 0 Å². The third-order valence-electron chi connectivity index (χ3n) is 3.70. The molecule has 1 fully saturated rings. The maximum Gasteiger partial charge on any atom is 0.303 e. The fourth-order valence-electron chi connectivity index (χ4n) is 2.55. The second-order valence-corrected chi connectivity index (χ2v) is 5.25. The molecule has 2 heterocycles. The summed E-state index contributed by atoms with van der Waals surface area (Å²) < 4.78 is 0. The number of aliphatic carboxylic acids is 1. The van der Waals surface area contributed by atoms with Crippen LogP contribution < -0.4 is 10.5 Å². The second kappa shape index (κ2) is 6.54. The third kappa shape index (κ3) is 3.59. The van der Waals surface area contributed by atoms with Crippen LogP contribution in [0.25, 0.3) is 0 Å². The number of hydrogen-bond donors (Lipinski definition) is 2. The summed E-state index contributed by atoms with van der Waals surface area (Å²) in [7, 11) is 0. The maximum absolute atomic E-state index is 12.1. The SMILES string of the molecule is Cc1nc(N2CCCCCC2)[nH]c(=O)c1CCC(=O)O. The molecule has 0 unspecified atom stereocenters. The van der Waals surface area contributed by atoms with Gasteiger partial charge in [-0.3, -0.25) is 14.6 Å². The third-order valence-corrected chi connectivity index (χ3v) is 3.70. The van der Waals surface area contributed by atoms with E-state index >= 15 is 0 Å². The highest BCUT2D eigenvalue weighted by molar-refractivity contribution is 5.67. The summed E-state index contributed by atoms with van der Waals surface area (Å²) in [6, 6.07) is 0. The van der Waals surface area contributed by atoms with Crippen LogP contribution in [0.15, 0.2) is 4.79 Å². The minimum absolute atomic E-state index is 0.0470. The predicted octanol–water partition coefficient (Wildman–Crippen LogP) is 1.48. The summed E-state index contributed by atoms with van der Waals surface area (Å²) in [5.41, 5.74) is 0.901. The van der Waals surface area contributed by atoms with Gasteiger partial charge < -0.3 is 10.0 Å². The first-order valence-electron chi connectivity index (χ1n) is 7.14. The molecule has 0 atom stereocenters. The van der Waals surface area contributed by atoms with Gasteiger partial charge in [-0.05, 0) is 26.2 Å². The van der Waals surface area contributed by atoms with Gasteiger partial charge in [0.2, 0.25) is 5.95 Å². The summed E-state index contributed by atoms with van der Waals surface area (Å²) in [6.07, 6.45) is 4.85. The summed E-state index contributed by atoms with van der Waals surface area (Å²) in [5.74, 6) is -0.283. The lowest BCUT2D eigenvalue weighted by Crippen LogP contribution is -2.30. The first kappa shape index (κ1) is 14.6. The molecule has 0 bridgehead atoms. The van der Waals surface area contributed by atoms with Crippen molar-refractivity contribution in [2.75, 3.05) is 18.0 Å². The molecule has 0 aliphatic carbocycles. The van der Waals surface area contributed by atoms with E-state index in [4.69, 9.17) is 5.11 Å². The van der Waals surface area contributed by atoms with E-state index in [1.165, 1.54) is 12.8 Å². The number of anilines is 1. The number of aryl methyl sites for hydroxylation is 1. The molecular weight excluding hydrogens is 258 g/mol. The van der Waals surface area contributed by atoms with Gasteiger partial charge in [0.15, 0.2) is 0 Å². The Labute approximate surface area is 117 Å². The van der Waals surface area contributed by atoms with E-state index in [-0.39, 0.29) is 18.4 Å². The quantitative estimate of drug-likeness (QED) is 0.871. The molecule has 1 aliphatic rings. The van der Waals surface area contributed by atoms with Crippen LogP contribution in [-0.2, 0) is 11.2 Å². The van der Waals surface area contributed by atoms with Gasteiger partial charge in [-0.1, -0.05) is 12.8 Å². The van der Waals surface area contributed by atoms with E-state index in [0.717, 1.165) is 25.9 Å². The van der Waals surface area contributed by atoms with Gasteiger partial charge in [-0.25, -0.2) is 4.98 Å². The van der Waals surface area contributed by atoms with Crippen molar-refractivity contribution in [3.05, 3.63) is 21.6 Å². The Kier molecular flexibility index (Phi) is 4.76. The minimum atomic E-state index is -0.902. The molecule has 1 aromatic rings. The van der Waals surface area contributed by atoms with E-state index in [2.05, 4.69) is 14.9 Å². The van der Waals surface area contributed by atoms with Crippen molar-refractivity contribution in [2.45, 2.75) is 45.4 Å². The van der Waals surface area contributed by atoms with Gasteiger partial charge in [0, 0.05) is 30.8 Å². The molecule has 1 aromatic heterocycles. The lowest BCUT2D eigenvalue weighted by atomic mass is 10.1. The van der Waals surface area contributed by atoms with Crippen LogP contribution in [0.4, 0.5) is 5.95 Å². The minimum Gasteiger partial charge on any atom is -0.481 e. The van der Waals surface area contributed by atoms with Crippen molar-refractivity contribution in [1.82, 2.24) is 9.97 Å². The maximum atomic E-state index is 12.1. The van der Waals surface area contributed by atoms with Gasteiger partial charge in [-0.15, -0.1) is 0 Å². The Morgan fingerprint density at radius 2 is 1.95 bits per heavy atom. The molecule has 6 nitrogen and oxygen atoms in total. The first-order chi connectivity index (χ1) is 9.58. The summed E-state index contributed by atoms with van der Waals surface area (Å²) >= 11 is 0. The molecule has 2 rings (SSSR count). The summed E-state index contributed by atoms with van der Waals surface area (Å²) in [6.45, 7) is 3.60. The zero-order valence-electron chi connectivity index (χ0n) is 11.8. The number of nitrogens with zero attached hydrogens (tertiary/aromatic N) is 2. The summed E-state index contributed by atoms with van der Waals surface area (Å²) in [5, 5.41) is 8.71. The Morgan fingerprint density at radius 3 is 2.50 bits per heavy atom. The Balaban J connectivity index is 2.20. The van der Waals surface area contributed by atoms with Crippen molar-refractivity contribution in [3.63, 3.8) is 0 Å². The van der Waals surface area contributed by atoms with E-state index in [1.54, 1.807) is 6.92 Å². The largest absolute Gasteiger partial charge is 0.481 e. The van der Waals surface area contributed by atoms with Crippen molar-refractivity contribution >= 4 is 11.9 Å². The van der Waals surface area contributed by atoms with Crippen LogP contribution in [0.3, 0.4) is 0 Å². The Bertz CT molecular complexity index is 531. The average molecular weight is 279 g/mol. The van der Waals surface area contributed by atoms with Crippen LogP contribution in [0, 0.1) is 6.92 Å². The number of carboxylic acids is 1. The van der Waals surface area contributed by atoms with Crippen LogP contribution in [0.2, 0.25) is 0 Å². The lowest BCUT2D eigenvalue weighted by Gasteiger charge is -2.21. The molecule has 0 aromatic carbocycles. The molecule has 0 spiro atoms. The van der Waals surface area contributed by atoms with Crippen LogP contribution in [0.5, 0.6) is 0 Å². The molecule has 110 valence electrons. The highest BCUT2D eigenvalue weighted by Gasteiger charge is 2.15. The van der Waals surface area contributed by atoms with Crippen LogP contribution in [0.1, 0.15) is 43.4 Å². The average Bonchev–Trinajstić information content (AvgIpc) is 2.66. The number of carbonyl (C=O) groups is 1. The van der Waals surface area contributed by atoms with Crippen LogP contribution >= 0.6 is 0 Å². The number of nitrogens with one attached hydrogen (secondary N) is 1. The normalized spacial score (nSPS) is 15.9. The molecule has 0 saturated carbocycles. The number of aromatic nitrogens is 2. The molecule has 20 heavy (non-hydrogen) atoms. The van der Waals surface area contributed by atoms with Crippen molar-refractivity contribution in [2.24, 2.45) is 0 Å². The van der Waals surface area contributed by atoms with Crippen molar-refractivity contribution in [3.8, 4) is 0 Å². The van der Waals surface area contributed by atoms with Gasteiger partial charge in [0.25, 0.3) is 5.56 Å². The highest BCUT2D eigenvalue weighted by Crippen LogP contribution is 2.15. The summed E-state index contributed by atoms with van der Waals surface area (Å²) in [4.78, 5) is 32.1. The van der Waals surface area contributed by atoms with E-state index in [0.29, 0.717) is 17.2 Å². The van der Waals surface area contributed by atoms with Crippen molar-refractivity contribution in [1.29, 1.82) is 0 Å². The molecule has 6 heteroatoms. The zero-order valence-corrected chi connectivity index (χ0v) is 11.8. The second-order valence-electron chi connectivity index (χ2n) is 5.25. The highest BCUT2D eigenvalue weighted by atomic mass is 16.4. The first-order valence-corrected chi connectivity index (χ1v) is 7.14. The Hall–Kier alpha value is -1.85. The monoisotopic (exact) mass is 279 g/mol. The van der Waals surface area contributed by atoms with Gasteiger partial charge >= 0.3 is 5.97 Å². The van der Waals surface area contributed by atoms with Crippen molar-refractivity contribution < 1.29 is 9.90 Å². The van der Waals surface area contributed by atoms with Gasteiger partial charge in [0.05, 0.1) is 0 Å². The Morgan fingerprint density at radius 1 is 1.30 bits per heavy atom. The van der Waals surface area contributed by atoms with E-state index in [1.807, 2.05) is 0 Å². The number of aromatic amines is 1. The zero-order chi connectivity index (χ0) is 14.5. The number of carboxylic acid groups (broad SMARTS) is 1. The number of hydrogen-bond acceptors (Lipinski definition) is 4. The molecular formula is C14H21N3O3. The molecule has 0 amide bonds. The number of rotatable bonds is 4. The fraction of sp³-hybridized carbons (Fsp3) is 0.643. The fourth-order valence-corrected chi connectivity index (χ4v) is 2.55. The van der Waals surface area contributed by atoms with Crippen LogP contribution in [-0.4, -0.2) is 34.1 Å². The standard InChI is InChI=1S/C14H21N3O3/c1-10-11(6-7-12(18)19)13(20)16-14(15-10)17-8-4-2-3-5-9-17/h2-9H2,1H3,(H,18,19)(H,15,16,20). The molecule has 1 saturated heterocycles. The van der Waals surface area contributed by atoms with E-state index in [9.17, 15) is 9.59 Å². The smallest absolute Gasteiger partial charge is 0.303 e. The number of H-pyrrole nitrogens is 1. The van der Waals surface area contributed by atoms with Gasteiger partial charge in [-0.2, -0.15) is 0 Å². The molecule has 2 N–H and O–H groups in total. The van der Waals surface area contributed by atoms with E-state index < -0.39 is 5.97 Å².